The second-order valence-electron chi connectivity index (χ2n) is 6.20. The fourth-order valence-corrected chi connectivity index (χ4v) is 2.43. The van der Waals surface area contributed by atoms with E-state index >= 15 is 0 Å². The Kier molecular flexibility index (Phi) is 12.1. The molecule has 0 N–H and O–H groups in total. The van der Waals surface area contributed by atoms with E-state index in [9.17, 15) is 18.3 Å². The fraction of sp³-hybridized carbons (Fsp3) is 0.217. The van der Waals surface area contributed by atoms with Crippen LogP contribution in [0.2, 0.25) is 0 Å². The number of hydrogen-bond donors (Lipinski definition) is 0. The summed E-state index contributed by atoms with van der Waals surface area (Å²) in [6, 6.07) is 0. The molecule has 0 heterocycles. The van der Waals surface area contributed by atoms with Crippen molar-refractivity contribution in [2.45, 2.75) is 31.5 Å². The van der Waals surface area contributed by atoms with Crippen LogP contribution in [0.1, 0.15) is 19.8 Å². The average molecular weight is 526 g/mol. The largest absolute Gasteiger partial charge is 1.00 e. The second kappa shape index (κ2) is 12.8. The third-order valence-electron chi connectivity index (χ3n) is 3.90. The first-order chi connectivity index (χ1) is 12.8. The molecule has 152 valence electrons. The third kappa shape index (κ3) is 9.16. The molecule has 0 aromatic rings. The van der Waals surface area contributed by atoms with E-state index in [1.165, 1.54) is 29.9 Å². The van der Waals surface area contributed by atoms with Gasteiger partial charge in [0, 0.05) is 55.5 Å². The molecule has 1 unspecified atom stereocenters. The van der Waals surface area contributed by atoms with Gasteiger partial charge in [0.1, 0.15) is 11.6 Å². The van der Waals surface area contributed by atoms with Crippen LogP contribution < -0.4 is 17.5 Å². The predicted molar refractivity (Wildman–Crippen MR) is 105 cm³/mol. The van der Waals surface area contributed by atoms with E-state index in [2.05, 4.69) is 24.5 Å². The predicted octanol–water partition coefficient (Wildman–Crippen LogP) is 1.62. The second-order valence-corrected chi connectivity index (χ2v) is 6.20. The van der Waals surface area contributed by atoms with Gasteiger partial charge in [-0.1, -0.05) is 11.6 Å². The molecular weight excluding hydrogens is 506 g/mol. The Morgan fingerprint density at radius 3 is 2.34 bits per heavy atom. The Balaban J connectivity index is 0.000000742. The molecule has 3 aliphatic carbocycles. The quantitative estimate of drug-likeness (QED) is 0.311. The van der Waals surface area contributed by atoms with Crippen molar-refractivity contribution in [3.8, 4) is 0 Å². The van der Waals surface area contributed by atoms with Crippen LogP contribution in [0.4, 0.5) is 13.2 Å². The van der Waals surface area contributed by atoms with Gasteiger partial charge in [-0.2, -0.15) is 31.7 Å². The van der Waals surface area contributed by atoms with Gasteiger partial charge >= 0.3 is 6.18 Å². The maximum Gasteiger partial charge on any atom is 0.380 e. The summed E-state index contributed by atoms with van der Waals surface area (Å²) in [5, 5.41) is 12.3. The topological polar surface area (TPSA) is 23.1 Å². The number of halogens is 4. The molecular formula is C23H19ClF3OSb-2. The molecule has 0 spiro atoms. The third-order valence-corrected chi connectivity index (χ3v) is 3.90. The molecule has 0 bridgehead atoms. The van der Waals surface area contributed by atoms with Crippen LogP contribution in [0.5, 0.6) is 0 Å². The van der Waals surface area contributed by atoms with Gasteiger partial charge in [0.15, 0.2) is 0 Å². The van der Waals surface area contributed by atoms with E-state index in [4.69, 9.17) is 0 Å². The van der Waals surface area contributed by atoms with Gasteiger partial charge in [0.2, 0.25) is 0 Å². The van der Waals surface area contributed by atoms with Crippen LogP contribution in [0, 0.1) is 18.9 Å². The summed E-state index contributed by atoms with van der Waals surface area (Å²) < 4.78 is 39.4. The van der Waals surface area contributed by atoms with Gasteiger partial charge in [0.25, 0.3) is 0 Å². The molecule has 3 rings (SSSR count). The van der Waals surface area contributed by atoms with Crippen molar-refractivity contribution in [1.29, 1.82) is 0 Å². The van der Waals surface area contributed by atoms with Crippen LogP contribution in [0.25, 0.3) is 0 Å². The Labute approximate surface area is 194 Å². The Hall–Kier alpha value is -1.62. The monoisotopic (exact) mass is 524 g/mol. The molecule has 0 fully saturated rings. The SMILES string of the molecule is CC1=CC=C=C[CH]1.[Cl-].[O-]C(CC1=C=C[CH-]C=C1)(CC1=CC=CC=[C+]1)C(F)(F)F.[Sb]. The average Bonchev–Trinajstić information content (AvgIpc) is 2.63. The molecule has 0 saturated carbocycles. The van der Waals surface area contributed by atoms with Crippen molar-refractivity contribution < 1.29 is 30.7 Å². The van der Waals surface area contributed by atoms with Crippen LogP contribution in [-0.4, -0.2) is 36.2 Å². The van der Waals surface area contributed by atoms with Gasteiger partial charge < -0.3 is 17.5 Å². The maximum atomic E-state index is 13.1. The summed E-state index contributed by atoms with van der Waals surface area (Å²) in [5.41, 5.74) is 4.35. The Morgan fingerprint density at radius 1 is 1.14 bits per heavy atom. The number of alkyl halides is 3. The van der Waals surface area contributed by atoms with Gasteiger partial charge in [-0.15, -0.1) is 17.4 Å². The van der Waals surface area contributed by atoms with Crippen molar-refractivity contribution in [2.24, 2.45) is 0 Å². The first-order valence-electron chi connectivity index (χ1n) is 8.41. The maximum absolute atomic E-state index is 13.1. The zero-order chi connectivity index (χ0) is 19.8. The number of rotatable bonds is 4. The van der Waals surface area contributed by atoms with Crippen molar-refractivity contribution in [1.82, 2.24) is 0 Å². The van der Waals surface area contributed by atoms with Gasteiger partial charge in [0.05, 0.1) is 6.08 Å². The van der Waals surface area contributed by atoms with Crippen molar-refractivity contribution >= 4 is 24.4 Å². The minimum Gasteiger partial charge on any atom is -1.00 e. The zero-order valence-electron chi connectivity index (χ0n) is 15.7. The molecule has 0 aromatic carbocycles. The zero-order valence-corrected chi connectivity index (χ0v) is 19.0. The van der Waals surface area contributed by atoms with Gasteiger partial charge in [-0.05, 0) is 31.1 Å². The van der Waals surface area contributed by atoms with E-state index in [1.54, 1.807) is 24.6 Å². The minimum absolute atomic E-state index is 0. The van der Waals surface area contributed by atoms with Crippen molar-refractivity contribution in [3.63, 3.8) is 0 Å². The van der Waals surface area contributed by atoms with Gasteiger partial charge in [-0.3, -0.25) is 5.73 Å². The number of hydrogen-bond acceptors (Lipinski definition) is 1. The molecule has 4 radical (unpaired) electrons. The molecule has 6 heteroatoms. The first-order valence-corrected chi connectivity index (χ1v) is 8.41. The van der Waals surface area contributed by atoms with E-state index < -0.39 is 24.6 Å². The minimum atomic E-state index is -4.83. The Morgan fingerprint density at radius 2 is 1.90 bits per heavy atom. The molecule has 0 amide bonds. The summed E-state index contributed by atoms with van der Waals surface area (Å²) >= 11 is 0. The van der Waals surface area contributed by atoms with Crippen molar-refractivity contribution in [3.05, 3.63) is 108 Å². The molecule has 0 aromatic heterocycles. The van der Waals surface area contributed by atoms with E-state index in [0.717, 1.165) is 0 Å². The van der Waals surface area contributed by atoms with E-state index in [0.29, 0.717) is 0 Å². The molecule has 29 heavy (non-hydrogen) atoms. The first kappa shape index (κ1) is 27.4. The molecule has 3 aliphatic rings. The number of allylic oxidation sites excluding steroid dienone is 10. The molecule has 1 nitrogen and oxygen atoms in total. The van der Waals surface area contributed by atoms with Crippen LogP contribution in [0.15, 0.2) is 88.9 Å². The normalized spacial score (nSPS) is 17.8. The van der Waals surface area contributed by atoms with Crippen LogP contribution >= 0.6 is 0 Å². The van der Waals surface area contributed by atoms with E-state index in [1.807, 2.05) is 24.6 Å². The van der Waals surface area contributed by atoms with Crippen molar-refractivity contribution in [2.75, 3.05) is 0 Å². The molecule has 0 aliphatic heterocycles. The standard InChI is InChI=1S/C16H12F3O.C7H7.ClH.Sb/c17-16(18,19)15(20,11-13-7-3-1-4-8-13)12-14-9-5-2-6-10-14;1-7-5-3-2-4-6-7;;/h1-7,9H,11-12H2;3-6H,1H3;1H;/q-1;;;/p-1. The molecule has 0 saturated heterocycles. The summed E-state index contributed by atoms with van der Waals surface area (Å²) in [4.78, 5) is 0. The summed E-state index contributed by atoms with van der Waals surface area (Å²) in [7, 11) is 0. The van der Waals surface area contributed by atoms with E-state index in [-0.39, 0.29) is 48.0 Å². The van der Waals surface area contributed by atoms with Gasteiger partial charge in [-0.25, -0.2) is 0 Å². The summed E-state index contributed by atoms with van der Waals surface area (Å²) in [5.74, 6) is 0. The summed E-state index contributed by atoms with van der Waals surface area (Å²) in [6.45, 7) is 2.06. The summed E-state index contributed by atoms with van der Waals surface area (Å²) in [6.07, 6.45) is 16.9. The van der Waals surface area contributed by atoms with Crippen LogP contribution in [-0.2, 0) is 0 Å². The fourth-order valence-electron chi connectivity index (χ4n) is 2.43. The van der Waals surface area contributed by atoms with Crippen LogP contribution in [0.3, 0.4) is 0 Å². The molecule has 1 atom stereocenters. The smallest absolute Gasteiger partial charge is 0.380 e. The Bertz CT molecular complexity index is 831.